The number of nitrogens with zero attached hydrogens (tertiary/aromatic N) is 3. The number of carbonyl (C=O) groups excluding carboxylic acids is 1. The number of hydrogen-bond donors (Lipinski definition) is 2. The summed E-state index contributed by atoms with van der Waals surface area (Å²) in [5.74, 6) is 0.968. The fourth-order valence-electron chi connectivity index (χ4n) is 4.66. The van der Waals surface area contributed by atoms with Gasteiger partial charge in [0.15, 0.2) is 0 Å². The van der Waals surface area contributed by atoms with Crippen molar-refractivity contribution in [3.05, 3.63) is 21.5 Å². The minimum atomic E-state index is -0.416. The SMILES string of the molecule is Cc1nn(CCC(=O)NC2C3CCCC2CC(N)C3)c(C)c1[N+](=O)[O-]. The van der Waals surface area contributed by atoms with Crippen molar-refractivity contribution in [2.24, 2.45) is 17.6 Å². The first-order chi connectivity index (χ1) is 11.9. The molecule has 0 spiro atoms. The Morgan fingerprint density at radius 1 is 1.36 bits per heavy atom. The van der Waals surface area contributed by atoms with Gasteiger partial charge in [-0.05, 0) is 51.4 Å². The van der Waals surface area contributed by atoms with Crippen LogP contribution in [0.15, 0.2) is 0 Å². The Bertz CT molecular complexity index is 657. The molecule has 2 bridgehead atoms. The van der Waals surface area contributed by atoms with Crippen LogP contribution in [0.2, 0.25) is 0 Å². The zero-order valence-corrected chi connectivity index (χ0v) is 14.9. The highest BCUT2D eigenvalue weighted by Crippen LogP contribution is 2.39. The van der Waals surface area contributed by atoms with Gasteiger partial charge in [0.05, 0.1) is 11.5 Å². The molecule has 2 saturated carbocycles. The second-order valence-corrected chi connectivity index (χ2v) is 7.53. The third kappa shape index (κ3) is 3.68. The lowest BCUT2D eigenvalue weighted by molar-refractivity contribution is -0.386. The Morgan fingerprint density at radius 2 is 2.00 bits per heavy atom. The van der Waals surface area contributed by atoms with Gasteiger partial charge in [-0.3, -0.25) is 19.6 Å². The Labute approximate surface area is 147 Å². The summed E-state index contributed by atoms with van der Waals surface area (Å²) < 4.78 is 1.56. The molecular formula is C17H27N5O3. The number of rotatable bonds is 5. The lowest BCUT2D eigenvalue weighted by atomic mass is 9.67. The van der Waals surface area contributed by atoms with Crippen LogP contribution in [-0.4, -0.2) is 32.7 Å². The molecule has 1 aromatic rings. The number of aromatic nitrogens is 2. The van der Waals surface area contributed by atoms with E-state index < -0.39 is 4.92 Å². The van der Waals surface area contributed by atoms with E-state index in [1.807, 2.05) is 0 Å². The van der Waals surface area contributed by atoms with Crippen molar-refractivity contribution < 1.29 is 9.72 Å². The number of hydrogen-bond acceptors (Lipinski definition) is 5. The first kappa shape index (κ1) is 17.8. The number of carbonyl (C=O) groups is 1. The highest BCUT2D eigenvalue weighted by Gasteiger charge is 2.39. The van der Waals surface area contributed by atoms with Gasteiger partial charge in [-0.15, -0.1) is 0 Å². The van der Waals surface area contributed by atoms with E-state index in [-0.39, 0.29) is 30.1 Å². The predicted molar refractivity (Wildman–Crippen MR) is 92.9 cm³/mol. The van der Waals surface area contributed by atoms with E-state index in [9.17, 15) is 14.9 Å². The Hall–Kier alpha value is -1.96. The molecule has 2 aliphatic carbocycles. The fraction of sp³-hybridized carbons (Fsp3) is 0.765. The third-order valence-corrected chi connectivity index (χ3v) is 5.78. The number of nitro groups is 1. The van der Waals surface area contributed by atoms with E-state index in [2.05, 4.69) is 10.4 Å². The third-order valence-electron chi connectivity index (χ3n) is 5.78. The van der Waals surface area contributed by atoms with Crippen LogP contribution in [0.5, 0.6) is 0 Å². The molecule has 0 aromatic carbocycles. The van der Waals surface area contributed by atoms with E-state index >= 15 is 0 Å². The van der Waals surface area contributed by atoms with Crippen LogP contribution in [0.25, 0.3) is 0 Å². The molecule has 0 saturated heterocycles. The molecule has 3 rings (SSSR count). The van der Waals surface area contributed by atoms with Crippen molar-refractivity contribution in [1.82, 2.24) is 15.1 Å². The number of fused-ring (bicyclic) bond motifs is 2. The van der Waals surface area contributed by atoms with Gasteiger partial charge in [0.2, 0.25) is 5.91 Å². The summed E-state index contributed by atoms with van der Waals surface area (Å²) in [5, 5.41) is 18.5. The first-order valence-electron chi connectivity index (χ1n) is 9.10. The van der Waals surface area contributed by atoms with Crippen molar-refractivity contribution in [3.63, 3.8) is 0 Å². The maximum absolute atomic E-state index is 12.4. The van der Waals surface area contributed by atoms with Crippen LogP contribution < -0.4 is 11.1 Å². The maximum Gasteiger partial charge on any atom is 0.312 e. The van der Waals surface area contributed by atoms with Gasteiger partial charge in [0.25, 0.3) is 0 Å². The molecule has 2 atom stereocenters. The summed E-state index contributed by atoms with van der Waals surface area (Å²) in [4.78, 5) is 23.1. The van der Waals surface area contributed by atoms with Crippen molar-refractivity contribution in [2.75, 3.05) is 0 Å². The molecule has 25 heavy (non-hydrogen) atoms. The second-order valence-electron chi connectivity index (χ2n) is 7.53. The van der Waals surface area contributed by atoms with Crippen LogP contribution in [0.1, 0.15) is 49.9 Å². The van der Waals surface area contributed by atoms with Crippen molar-refractivity contribution >= 4 is 11.6 Å². The minimum Gasteiger partial charge on any atom is -0.353 e. The quantitative estimate of drug-likeness (QED) is 0.621. The number of nitrogens with one attached hydrogen (secondary N) is 1. The molecule has 1 amide bonds. The molecule has 8 nitrogen and oxygen atoms in total. The monoisotopic (exact) mass is 349 g/mol. The summed E-state index contributed by atoms with van der Waals surface area (Å²) in [6.45, 7) is 3.64. The van der Waals surface area contributed by atoms with E-state index in [0.29, 0.717) is 29.8 Å². The van der Waals surface area contributed by atoms with Crippen LogP contribution >= 0.6 is 0 Å². The summed E-state index contributed by atoms with van der Waals surface area (Å²) in [5.41, 5.74) is 7.05. The van der Waals surface area contributed by atoms with E-state index in [1.165, 1.54) is 6.42 Å². The van der Waals surface area contributed by atoms with Crippen LogP contribution in [0.4, 0.5) is 5.69 Å². The highest BCUT2D eigenvalue weighted by molar-refractivity contribution is 5.76. The van der Waals surface area contributed by atoms with Gasteiger partial charge < -0.3 is 11.1 Å². The first-order valence-corrected chi connectivity index (χ1v) is 9.10. The largest absolute Gasteiger partial charge is 0.353 e. The van der Waals surface area contributed by atoms with Crippen molar-refractivity contribution in [2.45, 2.75) is 71.0 Å². The molecule has 0 aliphatic heterocycles. The predicted octanol–water partition coefficient (Wildman–Crippen LogP) is 1.82. The second kappa shape index (κ2) is 7.11. The van der Waals surface area contributed by atoms with E-state index in [4.69, 9.17) is 5.73 Å². The molecule has 2 aliphatic rings. The Balaban J connectivity index is 1.59. The smallest absolute Gasteiger partial charge is 0.312 e. The topological polar surface area (TPSA) is 116 Å². The molecule has 138 valence electrons. The van der Waals surface area contributed by atoms with Gasteiger partial charge in [-0.1, -0.05) is 6.42 Å². The summed E-state index contributed by atoms with van der Waals surface area (Å²) in [6.07, 6.45) is 5.76. The summed E-state index contributed by atoms with van der Waals surface area (Å²) in [6, 6.07) is 0.495. The lowest BCUT2D eigenvalue weighted by Crippen LogP contribution is -2.53. The Kier molecular flexibility index (Phi) is 5.08. The molecule has 1 heterocycles. The molecule has 2 fully saturated rings. The van der Waals surface area contributed by atoms with Crippen molar-refractivity contribution in [1.29, 1.82) is 0 Å². The summed E-state index contributed by atoms with van der Waals surface area (Å²) >= 11 is 0. The molecule has 2 unspecified atom stereocenters. The number of nitrogens with two attached hydrogens (primary N) is 1. The van der Waals surface area contributed by atoms with Gasteiger partial charge in [-0.25, -0.2) is 0 Å². The van der Waals surface area contributed by atoms with Crippen LogP contribution in [0.3, 0.4) is 0 Å². The van der Waals surface area contributed by atoms with E-state index in [1.54, 1.807) is 18.5 Å². The molecule has 3 N–H and O–H groups in total. The Morgan fingerprint density at radius 3 is 2.56 bits per heavy atom. The zero-order valence-electron chi connectivity index (χ0n) is 14.9. The molecule has 0 radical (unpaired) electrons. The number of amides is 1. The highest BCUT2D eigenvalue weighted by atomic mass is 16.6. The standard InChI is InChI=1S/C17H27N5O3/c1-10-17(22(24)25)11(2)21(20-10)7-6-15(23)19-16-12-4-3-5-13(16)9-14(18)8-12/h12-14,16H,3-9,18H2,1-2H3,(H,19,23). The van der Waals surface area contributed by atoms with Gasteiger partial charge >= 0.3 is 5.69 Å². The average molecular weight is 349 g/mol. The molecular weight excluding hydrogens is 322 g/mol. The lowest BCUT2D eigenvalue weighted by Gasteiger charge is -2.45. The maximum atomic E-state index is 12.4. The van der Waals surface area contributed by atoms with E-state index in [0.717, 1.165) is 25.7 Å². The van der Waals surface area contributed by atoms with Gasteiger partial charge in [0, 0.05) is 18.5 Å². The minimum absolute atomic E-state index is 0.00687. The normalized spacial score (nSPS) is 28.6. The summed E-state index contributed by atoms with van der Waals surface area (Å²) in [7, 11) is 0. The average Bonchev–Trinajstić information content (AvgIpc) is 2.80. The zero-order chi connectivity index (χ0) is 18.1. The van der Waals surface area contributed by atoms with Crippen molar-refractivity contribution in [3.8, 4) is 0 Å². The van der Waals surface area contributed by atoms with Crippen LogP contribution in [-0.2, 0) is 11.3 Å². The fourth-order valence-corrected chi connectivity index (χ4v) is 4.66. The van der Waals surface area contributed by atoms with Crippen LogP contribution in [0, 0.1) is 35.8 Å². The molecule has 1 aromatic heterocycles. The molecule has 8 heteroatoms. The number of aryl methyl sites for hydroxylation is 2. The van der Waals surface area contributed by atoms with Gasteiger partial charge in [0.1, 0.15) is 11.4 Å². The van der Waals surface area contributed by atoms with Gasteiger partial charge in [-0.2, -0.15) is 5.10 Å².